The number of nitrogens with zero attached hydrogens (tertiary/aromatic N) is 2. The first-order valence-electron chi connectivity index (χ1n) is 7.68. The summed E-state index contributed by atoms with van der Waals surface area (Å²) in [7, 11) is 1.94. The molecular formula is C16H29N3O3. The van der Waals surface area contributed by atoms with E-state index in [0.717, 1.165) is 6.42 Å². The molecule has 126 valence electrons. The van der Waals surface area contributed by atoms with Gasteiger partial charge in [0.1, 0.15) is 0 Å². The van der Waals surface area contributed by atoms with Crippen LogP contribution in [0.15, 0.2) is 10.6 Å². The van der Waals surface area contributed by atoms with E-state index in [2.05, 4.69) is 24.3 Å². The van der Waals surface area contributed by atoms with Gasteiger partial charge in [-0.2, -0.15) is 0 Å². The molecule has 0 radical (unpaired) electrons. The zero-order valence-electron chi connectivity index (χ0n) is 14.7. The van der Waals surface area contributed by atoms with Crippen LogP contribution in [0.5, 0.6) is 0 Å². The lowest BCUT2D eigenvalue weighted by molar-refractivity contribution is -0.126. The largest absolute Gasteiger partial charge is 0.395 e. The molecule has 0 fully saturated rings. The van der Waals surface area contributed by atoms with E-state index >= 15 is 0 Å². The number of nitrogens with one attached hydrogen (secondary N) is 1. The van der Waals surface area contributed by atoms with E-state index in [9.17, 15) is 9.90 Å². The number of rotatable bonds is 7. The molecule has 1 unspecified atom stereocenters. The minimum Gasteiger partial charge on any atom is -0.395 e. The van der Waals surface area contributed by atoms with Gasteiger partial charge in [-0.15, -0.1) is 0 Å². The second-order valence-corrected chi connectivity index (χ2v) is 7.00. The van der Waals surface area contributed by atoms with Gasteiger partial charge in [-0.05, 0) is 34.2 Å². The van der Waals surface area contributed by atoms with Crippen molar-refractivity contribution in [3.05, 3.63) is 11.8 Å². The molecule has 1 heterocycles. The molecule has 0 saturated heterocycles. The Morgan fingerprint density at radius 1 is 1.45 bits per heavy atom. The van der Waals surface area contributed by atoms with Gasteiger partial charge >= 0.3 is 0 Å². The van der Waals surface area contributed by atoms with E-state index in [-0.39, 0.29) is 12.5 Å². The molecule has 0 spiro atoms. The molecule has 1 aromatic heterocycles. The van der Waals surface area contributed by atoms with Crippen LogP contribution in [0.25, 0.3) is 0 Å². The summed E-state index contributed by atoms with van der Waals surface area (Å²) in [6.07, 6.45) is 0.963. The quantitative estimate of drug-likeness (QED) is 0.808. The van der Waals surface area contributed by atoms with Crippen molar-refractivity contribution in [2.24, 2.45) is 0 Å². The first-order chi connectivity index (χ1) is 10.1. The summed E-state index contributed by atoms with van der Waals surface area (Å²) in [5, 5.41) is 16.0. The van der Waals surface area contributed by atoms with Crippen molar-refractivity contribution in [3.8, 4) is 0 Å². The highest BCUT2D eigenvalue weighted by atomic mass is 16.5. The fourth-order valence-corrected chi connectivity index (χ4v) is 1.98. The third-order valence-electron chi connectivity index (χ3n) is 4.52. The van der Waals surface area contributed by atoms with Crippen molar-refractivity contribution in [1.82, 2.24) is 10.1 Å². The van der Waals surface area contributed by atoms with E-state index in [4.69, 9.17) is 4.52 Å². The first kappa shape index (κ1) is 18.6. The highest BCUT2D eigenvalue weighted by Gasteiger charge is 2.35. The molecule has 1 atom stereocenters. The molecule has 0 aliphatic heterocycles. The van der Waals surface area contributed by atoms with Crippen molar-refractivity contribution in [2.75, 3.05) is 19.0 Å². The molecule has 1 amide bonds. The summed E-state index contributed by atoms with van der Waals surface area (Å²) in [5.41, 5.74) is -0.567. The number of aromatic nitrogens is 1. The summed E-state index contributed by atoms with van der Waals surface area (Å²) < 4.78 is 5.17. The summed E-state index contributed by atoms with van der Waals surface area (Å²) in [6.45, 7) is 11.6. The number of aliphatic hydroxyl groups excluding tert-OH is 1. The maximum atomic E-state index is 12.5. The topological polar surface area (TPSA) is 78.6 Å². The van der Waals surface area contributed by atoms with E-state index < -0.39 is 11.0 Å². The number of anilines is 1. The first-order valence-corrected chi connectivity index (χ1v) is 7.68. The van der Waals surface area contributed by atoms with E-state index in [1.54, 1.807) is 6.07 Å². The minimum atomic E-state index is -0.672. The van der Waals surface area contributed by atoms with Crippen LogP contribution in [0.2, 0.25) is 0 Å². The Hall–Kier alpha value is -1.40. The lowest BCUT2D eigenvalue weighted by Crippen LogP contribution is -2.53. The van der Waals surface area contributed by atoms with E-state index in [0.29, 0.717) is 17.6 Å². The molecular weight excluding hydrogens is 282 g/mol. The van der Waals surface area contributed by atoms with Crippen LogP contribution in [0.4, 0.5) is 5.88 Å². The zero-order chi connectivity index (χ0) is 17.1. The van der Waals surface area contributed by atoms with Crippen LogP contribution in [-0.2, 0) is 10.2 Å². The average Bonchev–Trinajstić information content (AvgIpc) is 2.94. The molecule has 0 aliphatic carbocycles. The second kappa shape index (κ2) is 6.79. The Balaban J connectivity index is 2.85. The van der Waals surface area contributed by atoms with Crippen molar-refractivity contribution >= 4 is 11.8 Å². The Morgan fingerprint density at radius 2 is 2.05 bits per heavy atom. The van der Waals surface area contributed by atoms with Crippen molar-refractivity contribution in [3.63, 3.8) is 0 Å². The average molecular weight is 311 g/mol. The molecule has 2 N–H and O–H groups in total. The van der Waals surface area contributed by atoms with Gasteiger partial charge in [0.15, 0.2) is 0 Å². The number of hydrogen-bond acceptors (Lipinski definition) is 5. The Kier molecular flexibility index (Phi) is 5.76. The summed E-state index contributed by atoms with van der Waals surface area (Å²) in [4.78, 5) is 14.6. The molecule has 0 bridgehead atoms. The second-order valence-electron chi connectivity index (χ2n) is 7.00. The Bertz CT molecular complexity index is 508. The summed E-state index contributed by atoms with van der Waals surface area (Å²) in [6, 6.07) is 1.95. The number of likely N-dealkylation sites (N-methyl/N-ethyl adjacent to an activating group) is 1. The molecule has 0 aromatic carbocycles. The number of hydrogen-bond donors (Lipinski definition) is 2. The van der Waals surface area contributed by atoms with Gasteiger partial charge in [0.2, 0.25) is 11.8 Å². The van der Waals surface area contributed by atoms with Gasteiger partial charge in [-0.25, -0.2) is 0 Å². The standard InChI is InChI=1S/C16H29N3O3/c1-8-11(2)19(7)16(5,6)14(21)17-13-9-12(18-22-13)15(3,4)10-20/h9,11,20H,8,10H2,1-7H3,(H,17,21). The number of amides is 1. The smallest absolute Gasteiger partial charge is 0.246 e. The predicted molar refractivity (Wildman–Crippen MR) is 86.8 cm³/mol. The monoisotopic (exact) mass is 311 g/mol. The summed E-state index contributed by atoms with van der Waals surface area (Å²) >= 11 is 0. The molecule has 6 nitrogen and oxygen atoms in total. The lowest BCUT2D eigenvalue weighted by Gasteiger charge is -2.37. The van der Waals surface area contributed by atoms with Gasteiger partial charge in [-0.3, -0.25) is 15.0 Å². The van der Waals surface area contributed by atoms with Gasteiger partial charge in [0.25, 0.3) is 0 Å². The molecule has 1 rings (SSSR count). The van der Waals surface area contributed by atoms with E-state index in [1.807, 2.05) is 39.6 Å². The summed E-state index contributed by atoms with van der Waals surface area (Å²) in [5.74, 6) is 0.145. The maximum Gasteiger partial charge on any atom is 0.246 e. The molecule has 0 aliphatic rings. The van der Waals surface area contributed by atoms with E-state index in [1.165, 1.54) is 0 Å². The van der Waals surface area contributed by atoms with Crippen molar-refractivity contribution in [1.29, 1.82) is 0 Å². The predicted octanol–water partition coefficient (Wildman–Crippen LogP) is 2.39. The minimum absolute atomic E-state index is 0.0465. The number of aliphatic hydroxyl groups is 1. The highest BCUT2D eigenvalue weighted by molar-refractivity contribution is 5.96. The SMILES string of the molecule is CCC(C)N(C)C(C)(C)C(=O)Nc1cc(C(C)(C)CO)no1. The van der Waals surface area contributed by atoms with Gasteiger partial charge < -0.3 is 9.63 Å². The zero-order valence-corrected chi connectivity index (χ0v) is 14.7. The molecule has 22 heavy (non-hydrogen) atoms. The third-order valence-corrected chi connectivity index (χ3v) is 4.52. The van der Waals surface area contributed by atoms with Crippen LogP contribution in [0.3, 0.4) is 0 Å². The van der Waals surface area contributed by atoms with Crippen molar-refractivity contribution < 1.29 is 14.4 Å². The maximum absolute atomic E-state index is 12.5. The third kappa shape index (κ3) is 3.87. The Labute approximate surface area is 132 Å². The highest BCUT2D eigenvalue weighted by Crippen LogP contribution is 2.25. The van der Waals surface area contributed by atoms with Crippen LogP contribution in [0.1, 0.15) is 53.7 Å². The van der Waals surface area contributed by atoms with Crippen LogP contribution in [-0.4, -0.2) is 46.3 Å². The fraction of sp³-hybridized carbons (Fsp3) is 0.750. The molecule has 0 saturated carbocycles. The van der Waals surface area contributed by atoms with Gasteiger partial charge in [-0.1, -0.05) is 25.9 Å². The van der Waals surface area contributed by atoms with Crippen LogP contribution >= 0.6 is 0 Å². The molecule has 1 aromatic rings. The number of carbonyl (C=O) groups is 1. The van der Waals surface area contributed by atoms with Crippen LogP contribution < -0.4 is 5.32 Å². The fourth-order valence-electron chi connectivity index (χ4n) is 1.98. The Morgan fingerprint density at radius 3 is 2.55 bits per heavy atom. The van der Waals surface area contributed by atoms with Crippen LogP contribution in [0, 0.1) is 0 Å². The molecule has 6 heteroatoms. The van der Waals surface area contributed by atoms with Crippen molar-refractivity contribution in [2.45, 2.75) is 65.0 Å². The number of carbonyl (C=O) groups excluding carboxylic acids is 1. The normalized spacial score (nSPS) is 14.2. The van der Waals surface area contributed by atoms with Gasteiger partial charge in [0.05, 0.1) is 17.8 Å². The lowest BCUT2D eigenvalue weighted by atomic mass is 9.91. The van der Waals surface area contributed by atoms with Gasteiger partial charge in [0, 0.05) is 17.5 Å².